The van der Waals surface area contributed by atoms with E-state index in [2.05, 4.69) is 31.2 Å². The molecule has 0 aliphatic carbocycles. The molecule has 1 rings (SSSR count). The van der Waals surface area contributed by atoms with Gasteiger partial charge in [-0.1, -0.05) is 13.8 Å². The van der Waals surface area contributed by atoms with Crippen molar-refractivity contribution in [3.8, 4) is 6.07 Å². The second-order valence-electron chi connectivity index (χ2n) is 3.45. The van der Waals surface area contributed by atoms with Gasteiger partial charge in [0.25, 0.3) is 0 Å². The second kappa shape index (κ2) is 4.66. The average molecular weight is 177 g/mol. The summed E-state index contributed by atoms with van der Waals surface area (Å²) >= 11 is 0. The molecule has 3 heteroatoms. The third kappa shape index (κ3) is 2.90. The second-order valence-corrected chi connectivity index (χ2v) is 3.45. The molecular formula is C10H15N3. The molecule has 0 unspecified atom stereocenters. The summed E-state index contributed by atoms with van der Waals surface area (Å²) < 4.78 is 1.91. The molecule has 0 aromatic carbocycles. The van der Waals surface area contributed by atoms with Crippen LogP contribution in [0, 0.1) is 11.3 Å². The molecular weight excluding hydrogens is 162 g/mol. The monoisotopic (exact) mass is 177 g/mol. The van der Waals surface area contributed by atoms with E-state index in [1.807, 2.05) is 10.9 Å². The predicted octanol–water partition coefficient (Wildman–Crippen LogP) is 2.31. The van der Waals surface area contributed by atoms with E-state index in [1.54, 1.807) is 0 Å². The third-order valence-corrected chi connectivity index (χ3v) is 2.00. The quantitative estimate of drug-likeness (QED) is 0.662. The zero-order chi connectivity index (χ0) is 9.68. The molecule has 0 aliphatic rings. The molecule has 0 amide bonds. The Morgan fingerprint density at radius 1 is 1.62 bits per heavy atom. The van der Waals surface area contributed by atoms with E-state index in [-0.39, 0.29) is 0 Å². The van der Waals surface area contributed by atoms with Gasteiger partial charge in [-0.15, -0.1) is 0 Å². The van der Waals surface area contributed by atoms with Gasteiger partial charge in [0.1, 0.15) is 0 Å². The van der Waals surface area contributed by atoms with Gasteiger partial charge in [-0.05, 0) is 17.9 Å². The molecule has 1 heterocycles. The Morgan fingerprint density at radius 3 is 2.92 bits per heavy atom. The highest BCUT2D eigenvalue weighted by Crippen LogP contribution is 2.12. The van der Waals surface area contributed by atoms with Crippen LogP contribution < -0.4 is 0 Å². The summed E-state index contributed by atoms with van der Waals surface area (Å²) in [6.45, 7) is 5.15. The van der Waals surface area contributed by atoms with E-state index in [9.17, 15) is 0 Å². The van der Waals surface area contributed by atoms with Gasteiger partial charge in [0.15, 0.2) is 0 Å². The molecule has 1 aromatic heterocycles. The number of aryl methyl sites for hydroxylation is 1. The lowest BCUT2D eigenvalue weighted by Crippen LogP contribution is -1.97. The zero-order valence-electron chi connectivity index (χ0n) is 8.20. The third-order valence-electron chi connectivity index (χ3n) is 2.00. The van der Waals surface area contributed by atoms with Crippen molar-refractivity contribution < 1.29 is 0 Å². The van der Waals surface area contributed by atoms with Crippen LogP contribution in [0.5, 0.6) is 0 Å². The molecule has 70 valence electrons. The standard InChI is InChI=1S/C10H15N3/c1-9(2)10-7-12-13(8-10)6-4-3-5-11/h7-9H,3-4,6H2,1-2H3. The van der Waals surface area contributed by atoms with Gasteiger partial charge >= 0.3 is 0 Å². The highest BCUT2D eigenvalue weighted by atomic mass is 15.3. The summed E-state index contributed by atoms with van der Waals surface area (Å²) in [5.41, 5.74) is 1.26. The summed E-state index contributed by atoms with van der Waals surface area (Å²) in [5.74, 6) is 0.532. The van der Waals surface area contributed by atoms with E-state index >= 15 is 0 Å². The largest absolute Gasteiger partial charge is 0.272 e. The normalized spacial score (nSPS) is 10.3. The Morgan fingerprint density at radius 2 is 2.38 bits per heavy atom. The first-order chi connectivity index (χ1) is 6.24. The Hall–Kier alpha value is -1.30. The van der Waals surface area contributed by atoms with Crippen LogP contribution in [0.1, 0.15) is 38.2 Å². The number of hydrogen-bond donors (Lipinski definition) is 0. The maximum atomic E-state index is 8.36. The lowest BCUT2D eigenvalue weighted by molar-refractivity contribution is 0.585. The highest BCUT2D eigenvalue weighted by Gasteiger charge is 2.01. The van der Waals surface area contributed by atoms with Crippen molar-refractivity contribution in [3.05, 3.63) is 18.0 Å². The van der Waals surface area contributed by atoms with Crippen molar-refractivity contribution in [3.63, 3.8) is 0 Å². The minimum Gasteiger partial charge on any atom is -0.272 e. The minimum atomic E-state index is 0.532. The Balaban J connectivity index is 2.45. The number of rotatable bonds is 4. The summed E-state index contributed by atoms with van der Waals surface area (Å²) in [6.07, 6.45) is 5.45. The maximum absolute atomic E-state index is 8.36. The van der Waals surface area contributed by atoms with Crippen molar-refractivity contribution in [2.75, 3.05) is 0 Å². The first-order valence-corrected chi connectivity index (χ1v) is 4.63. The molecule has 1 aromatic rings. The molecule has 0 saturated carbocycles. The van der Waals surface area contributed by atoms with Gasteiger partial charge in [0.05, 0.1) is 12.3 Å². The molecule has 0 fully saturated rings. The fraction of sp³-hybridized carbons (Fsp3) is 0.600. The summed E-state index contributed by atoms with van der Waals surface area (Å²) in [7, 11) is 0. The highest BCUT2D eigenvalue weighted by molar-refractivity contribution is 5.08. The van der Waals surface area contributed by atoms with Crippen LogP contribution in [0.3, 0.4) is 0 Å². The molecule has 0 bridgehead atoms. The Labute approximate surface area is 79.0 Å². The molecule has 0 N–H and O–H groups in total. The van der Waals surface area contributed by atoms with Crippen LogP contribution >= 0.6 is 0 Å². The molecule has 0 atom stereocenters. The summed E-state index contributed by atoms with van der Waals surface area (Å²) in [4.78, 5) is 0. The maximum Gasteiger partial charge on any atom is 0.0622 e. The van der Waals surface area contributed by atoms with Gasteiger partial charge in [-0.3, -0.25) is 4.68 Å². The van der Waals surface area contributed by atoms with Crippen molar-refractivity contribution in [1.29, 1.82) is 5.26 Å². The summed E-state index contributed by atoms with van der Waals surface area (Å²) in [6, 6.07) is 2.13. The first kappa shape index (κ1) is 9.79. The number of nitrogens with zero attached hydrogens (tertiary/aromatic N) is 3. The van der Waals surface area contributed by atoms with Crippen LogP contribution in [-0.2, 0) is 6.54 Å². The van der Waals surface area contributed by atoms with E-state index in [1.165, 1.54) is 5.56 Å². The molecule has 0 spiro atoms. The number of nitriles is 1. The van der Waals surface area contributed by atoms with Crippen LogP contribution in [0.15, 0.2) is 12.4 Å². The lowest BCUT2D eigenvalue weighted by atomic mass is 10.1. The van der Waals surface area contributed by atoms with Gasteiger partial charge in [-0.25, -0.2) is 0 Å². The number of unbranched alkanes of at least 4 members (excludes halogenated alkanes) is 1. The fourth-order valence-electron chi connectivity index (χ4n) is 1.12. The first-order valence-electron chi connectivity index (χ1n) is 4.63. The van der Waals surface area contributed by atoms with Gasteiger partial charge < -0.3 is 0 Å². The van der Waals surface area contributed by atoms with Crippen LogP contribution in [0.4, 0.5) is 0 Å². The van der Waals surface area contributed by atoms with Crippen LogP contribution in [-0.4, -0.2) is 9.78 Å². The van der Waals surface area contributed by atoms with E-state index in [0.717, 1.165) is 13.0 Å². The smallest absolute Gasteiger partial charge is 0.0622 e. The van der Waals surface area contributed by atoms with E-state index < -0.39 is 0 Å². The minimum absolute atomic E-state index is 0.532. The van der Waals surface area contributed by atoms with Gasteiger partial charge in [-0.2, -0.15) is 10.4 Å². The number of hydrogen-bond acceptors (Lipinski definition) is 2. The van der Waals surface area contributed by atoms with Gasteiger partial charge in [0, 0.05) is 19.2 Å². The van der Waals surface area contributed by atoms with Gasteiger partial charge in [0.2, 0.25) is 0 Å². The topological polar surface area (TPSA) is 41.6 Å². The Kier molecular flexibility index (Phi) is 3.51. The number of aromatic nitrogens is 2. The molecule has 0 radical (unpaired) electrons. The molecule has 0 saturated heterocycles. The fourth-order valence-corrected chi connectivity index (χ4v) is 1.12. The van der Waals surface area contributed by atoms with E-state index in [4.69, 9.17) is 5.26 Å². The van der Waals surface area contributed by atoms with Crippen molar-refractivity contribution in [2.45, 2.75) is 39.2 Å². The van der Waals surface area contributed by atoms with E-state index in [0.29, 0.717) is 12.3 Å². The van der Waals surface area contributed by atoms with Crippen molar-refractivity contribution >= 4 is 0 Å². The molecule has 13 heavy (non-hydrogen) atoms. The lowest BCUT2D eigenvalue weighted by Gasteiger charge is -1.98. The predicted molar refractivity (Wildman–Crippen MR) is 51.2 cm³/mol. The SMILES string of the molecule is CC(C)c1cnn(CCCC#N)c1. The van der Waals surface area contributed by atoms with Crippen LogP contribution in [0.25, 0.3) is 0 Å². The zero-order valence-corrected chi connectivity index (χ0v) is 8.20. The summed E-state index contributed by atoms with van der Waals surface area (Å²) in [5, 5.41) is 12.6. The average Bonchev–Trinajstić information content (AvgIpc) is 2.53. The van der Waals surface area contributed by atoms with Crippen molar-refractivity contribution in [2.24, 2.45) is 0 Å². The molecule has 3 nitrogen and oxygen atoms in total. The Bertz CT molecular complexity index is 293. The van der Waals surface area contributed by atoms with Crippen LogP contribution in [0.2, 0.25) is 0 Å². The van der Waals surface area contributed by atoms with Crippen molar-refractivity contribution in [1.82, 2.24) is 9.78 Å². The molecule has 0 aliphatic heterocycles.